The molecule has 0 aromatic carbocycles. The summed E-state index contributed by atoms with van der Waals surface area (Å²) in [5, 5.41) is 21.9. The zero-order chi connectivity index (χ0) is 17.5. The van der Waals surface area contributed by atoms with E-state index in [0.29, 0.717) is 32.1 Å². The van der Waals surface area contributed by atoms with Crippen molar-refractivity contribution in [3.05, 3.63) is 0 Å². The monoisotopic (exact) mass is 338 g/mol. The lowest BCUT2D eigenvalue weighted by molar-refractivity contribution is -0.254. The van der Waals surface area contributed by atoms with Crippen LogP contribution in [0.5, 0.6) is 0 Å². The smallest absolute Gasteiger partial charge is 0.145 e. The summed E-state index contributed by atoms with van der Waals surface area (Å²) in [5.41, 5.74) is -3.49. The summed E-state index contributed by atoms with van der Waals surface area (Å²) < 4.78 is 16.7. The number of alkyl halides is 1. The third kappa shape index (κ3) is 1.77. The predicted molar refractivity (Wildman–Crippen MR) is 89.1 cm³/mol. The van der Waals surface area contributed by atoms with Gasteiger partial charge in [0.05, 0.1) is 11.7 Å². The Morgan fingerprint density at radius 1 is 1.04 bits per heavy atom. The average Bonchev–Trinajstić information content (AvgIpc) is 2.72. The van der Waals surface area contributed by atoms with E-state index in [2.05, 4.69) is 0 Å². The number of ketones is 1. The Labute approximate surface area is 144 Å². The van der Waals surface area contributed by atoms with Gasteiger partial charge in [0.1, 0.15) is 11.5 Å². The molecule has 8 atom stereocenters. The van der Waals surface area contributed by atoms with Gasteiger partial charge in [-0.25, -0.2) is 4.39 Å². The maximum atomic E-state index is 16.7. The molecule has 24 heavy (non-hydrogen) atoms. The number of carbonyl (C=O) groups excluding carboxylic acids is 1. The molecule has 4 aliphatic rings. The van der Waals surface area contributed by atoms with Gasteiger partial charge in [0.25, 0.3) is 0 Å². The fraction of sp³-hybridized carbons (Fsp3) is 0.950. The van der Waals surface area contributed by atoms with Gasteiger partial charge < -0.3 is 10.2 Å². The fourth-order valence-electron chi connectivity index (χ4n) is 7.27. The lowest BCUT2D eigenvalue weighted by atomic mass is 9.42. The van der Waals surface area contributed by atoms with E-state index in [1.807, 2.05) is 20.8 Å². The number of halogens is 1. The van der Waals surface area contributed by atoms with Gasteiger partial charge in [-0.1, -0.05) is 13.8 Å². The molecule has 0 aliphatic heterocycles. The van der Waals surface area contributed by atoms with Gasteiger partial charge in [-0.15, -0.1) is 0 Å². The first-order chi connectivity index (χ1) is 11.1. The van der Waals surface area contributed by atoms with E-state index < -0.39 is 28.2 Å². The summed E-state index contributed by atoms with van der Waals surface area (Å²) in [7, 11) is 0. The first-order valence-electron chi connectivity index (χ1n) is 9.67. The van der Waals surface area contributed by atoms with Crippen LogP contribution in [0.1, 0.15) is 72.1 Å². The lowest BCUT2D eigenvalue weighted by Crippen LogP contribution is -2.70. The Hall–Kier alpha value is -0.480. The van der Waals surface area contributed by atoms with Gasteiger partial charge in [-0.2, -0.15) is 0 Å². The third-order valence-electron chi connectivity index (χ3n) is 9.12. The average molecular weight is 338 g/mol. The van der Waals surface area contributed by atoms with Crippen LogP contribution >= 0.6 is 0 Å². The molecule has 4 aliphatic carbocycles. The Morgan fingerprint density at radius 3 is 2.46 bits per heavy atom. The van der Waals surface area contributed by atoms with E-state index in [9.17, 15) is 15.0 Å². The largest absolute Gasteiger partial charge is 0.390 e. The SMILES string of the molecule is C[C@]12C[C@H](O)[C@]3(F)[C@@H](CC[C@@H]4CC(=O)CC[C@]43C)[C@H]1CC[C@@]2(C)O. The standard InChI is InChI=1S/C20H31FO3/c1-17-8-6-13(22)10-12(17)4-5-15-14-7-9-19(3,24)18(14,2)11-16(23)20(15,17)21/h12,14-16,23-24H,4-11H2,1-3H3/t12-,14-,15+,16+,17-,18+,19-,20-/m1/s1. The van der Waals surface area contributed by atoms with Crippen molar-refractivity contribution < 1.29 is 19.4 Å². The molecule has 0 saturated heterocycles. The van der Waals surface area contributed by atoms with Crippen molar-refractivity contribution in [2.75, 3.05) is 0 Å². The number of fused-ring (bicyclic) bond motifs is 5. The highest BCUT2D eigenvalue weighted by molar-refractivity contribution is 5.79. The van der Waals surface area contributed by atoms with Gasteiger partial charge in [0.2, 0.25) is 0 Å². The second-order valence-electron chi connectivity index (χ2n) is 9.87. The molecule has 4 rings (SSSR count). The Kier molecular flexibility index (Phi) is 3.41. The molecule has 0 unspecified atom stereocenters. The van der Waals surface area contributed by atoms with E-state index in [-0.39, 0.29) is 23.5 Å². The van der Waals surface area contributed by atoms with Crippen LogP contribution in [0.3, 0.4) is 0 Å². The van der Waals surface area contributed by atoms with Gasteiger partial charge in [-0.3, -0.25) is 4.79 Å². The number of aliphatic hydroxyl groups is 2. The highest BCUT2D eigenvalue weighted by atomic mass is 19.1. The van der Waals surface area contributed by atoms with Crippen LogP contribution < -0.4 is 0 Å². The number of hydrogen-bond donors (Lipinski definition) is 2. The first kappa shape index (κ1) is 17.0. The van der Waals surface area contributed by atoms with E-state index in [4.69, 9.17) is 0 Å². The van der Waals surface area contributed by atoms with E-state index in [1.165, 1.54) is 0 Å². The Morgan fingerprint density at radius 2 is 1.75 bits per heavy atom. The van der Waals surface area contributed by atoms with Gasteiger partial charge >= 0.3 is 0 Å². The second-order valence-corrected chi connectivity index (χ2v) is 9.87. The zero-order valence-electron chi connectivity index (χ0n) is 15.1. The molecule has 0 bridgehead atoms. The van der Waals surface area contributed by atoms with Crippen molar-refractivity contribution >= 4 is 5.78 Å². The highest BCUT2D eigenvalue weighted by Crippen LogP contribution is 2.70. The minimum atomic E-state index is -1.62. The highest BCUT2D eigenvalue weighted by Gasteiger charge is 2.73. The minimum Gasteiger partial charge on any atom is -0.390 e. The van der Waals surface area contributed by atoms with Crippen LogP contribution in [0.25, 0.3) is 0 Å². The topological polar surface area (TPSA) is 57.5 Å². The summed E-state index contributed by atoms with van der Waals surface area (Å²) in [6.07, 6.45) is 3.89. The van der Waals surface area contributed by atoms with E-state index in [1.54, 1.807) is 0 Å². The number of rotatable bonds is 0. The molecule has 4 saturated carbocycles. The molecule has 0 aromatic rings. The summed E-state index contributed by atoms with van der Waals surface area (Å²) >= 11 is 0. The van der Waals surface area contributed by atoms with Gasteiger partial charge in [0, 0.05) is 23.7 Å². The molecular formula is C20H31FO3. The zero-order valence-corrected chi connectivity index (χ0v) is 15.1. The Balaban J connectivity index is 1.77. The molecule has 136 valence electrons. The van der Waals surface area contributed by atoms with E-state index >= 15 is 4.39 Å². The van der Waals surface area contributed by atoms with Crippen molar-refractivity contribution in [1.29, 1.82) is 0 Å². The minimum absolute atomic E-state index is 0.0564. The quantitative estimate of drug-likeness (QED) is 0.711. The Bertz CT molecular complexity index is 575. The van der Waals surface area contributed by atoms with Crippen LogP contribution in [-0.2, 0) is 4.79 Å². The summed E-state index contributed by atoms with van der Waals surface area (Å²) in [6, 6.07) is 0. The predicted octanol–water partition coefficient (Wildman–Crippen LogP) is 3.41. The molecule has 4 fully saturated rings. The maximum absolute atomic E-state index is 16.7. The normalized spacial score (nSPS) is 60.3. The van der Waals surface area contributed by atoms with Crippen LogP contribution in [0.4, 0.5) is 4.39 Å². The lowest BCUT2D eigenvalue weighted by Gasteiger charge is -2.65. The molecule has 0 spiro atoms. The molecule has 0 aromatic heterocycles. The molecular weight excluding hydrogens is 307 g/mol. The van der Waals surface area contributed by atoms with Crippen molar-refractivity contribution in [1.82, 2.24) is 0 Å². The summed E-state index contributed by atoms with van der Waals surface area (Å²) in [5.74, 6) is 0.227. The maximum Gasteiger partial charge on any atom is 0.145 e. The van der Waals surface area contributed by atoms with Crippen LogP contribution in [0, 0.1) is 28.6 Å². The van der Waals surface area contributed by atoms with E-state index in [0.717, 1.165) is 19.3 Å². The fourth-order valence-corrected chi connectivity index (χ4v) is 7.27. The molecule has 4 heteroatoms. The number of hydrogen-bond acceptors (Lipinski definition) is 3. The second kappa shape index (κ2) is 4.82. The summed E-state index contributed by atoms with van der Waals surface area (Å²) in [6.45, 7) is 5.89. The van der Waals surface area contributed by atoms with Crippen molar-refractivity contribution in [3.8, 4) is 0 Å². The molecule has 0 heterocycles. The molecule has 0 amide bonds. The van der Waals surface area contributed by atoms with Crippen LogP contribution in [0.15, 0.2) is 0 Å². The third-order valence-corrected chi connectivity index (χ3v) is 9.12. The first-order valence-corrected chi connectivity index (χ1v) is 9.67. The molecule has 0 radical (unpaired) electrons. The van der Waals surface area contributed by atoms with Crippen LogP contribution in [-0.4, -0.2) is 33.4 Å². The van der Waals surface area contributed by atoms with Gasteiger partial charge in [-0.05, 0) is 63.2 Å². The molecule has 2 N–H and O–H groups in total. The van der Waals surface area contributed by atoms with Crippen molar-refractivity contribution in [3.63, 3.8) is 0 Å². The van der Waals surface area contributed by atoms with Crippen molar-refractivity contribution in [2.45, 2.75) is 89.5 Å². The number of aliphatic hydroxyl groups excluding tert-OH is 1. The number of Topliss-reactive ketones (excluding diaryl/α,β-unsaturated/α-hetero) is 1. The van der Waals surface area contributed by atoms with Gasteiger partial charge in [0.15, 0.2) is 0 Å². The van der Waals surface area contributed by atoms with Crippen molar-refractivity contribution in [2.24, 2.45) is 28.6 Å². The summed E-state index contributed by atoms with van der Waals surface area (Å²) in [4.78, 5) is 11.9. The number of carbonyl (C=O) groups is 1. The molecule has 3 nitrogen and oxygen atoms in total. The van der Waals surface area contributed by atoms with Crippen LogP contribution in [0.2, 0.25) is 0 Å².